The first-order chi connectivity index (χ1) is 12.4. The molecule has 0 saturated carbocycles. The summed E-state index contributed by atoms with van der Waals surface area (Å²) in [5, 5.41) is 0.469. The van der Waals surface area contributed by atoms with Crippen LogP contribution in [0.25, 0.3) is 0 Å². The molecular weight excluding hydrogens is 406 g/mol. The van der Waals surface area contributed by atoms with Crippen molar-refractivity contribution in [1.29, 1.82) is 0 Å². The number of alkyl halides is 1. The van der Waals surface area contributed by atoms with Gasteiger partial charge < -0.3 is 9.47 Å². The van der Waals surface area contributed by atoms with Crippen molar-refractivity contribution < 1.29 is 28.7 Å². The van der Waals surface area contributed by atoms with E-state index in [1.54, 1.807) is 26.0 Å². The van der Waals surface area contributed by atoms with Crippen LogP contribution < -0.4 is 0 Å². The van der Waals surface area contributed by atoms with E-state index in [0.29, 0.717) is 16.7 Å². The van der Waals surface area contributed by atoms with Gasteiger partial charge in [-0.05, 0) is 38.8 Å². The molecule has 1 aliphatic rings. The Morgan fingerprint density at radius 3 is 1.85 bits per heavy atom. The van der Waals surface area contributed by atoms with Crippen molar-refractivity contribution >= 4 is 39.7 Å². The number of fused-ring (bicyclic) bond motifs is 1. The minimum atomic E-state index is -2.15. The maximum atomic E-state index is 12.9. The number of carbonyl (C=O) groups is 4. The second-order valence-corrected chi connectivity index (χ2v) is 6.38. The van der Waals surface area contributed by atoms with Crippen molar-refractivity contribution in [1.82, 2.24) is 4.90 Å². The van der Waals surface area contributed by atoms with E-state index >= 15 is 0 Å². The Kier molecular flexibility index (Phi) is 6.52. The number of imide groups is 1. The summed E-state index contributed by atoms with van der Waals surface area (Å²) in [5.41, 5.74) is -1.85. The highest BCUT2D eigenvalue weighted by Crippen LogP contribution is 2.35. The van der Waals surface area contributed by atoms with Crippen molar-refractivity contribution in [2.24, 2.45) is 0 Å². The summed E-state index contributed by atoms with van der Waals surface area (Å²) in [6.07, 6.45) is 0.256. The monoisotopic (exact) mass is 425 g/mol. The van der Waals surface area contributed by atoms with E-state index in [1.807, 2.05) is 0 Å². The number of hydrogen-bond donors (Lipinski definition) is 0. The Balaban J connectivity index is 2.62. The van der Waals surface area contributed by atoms with Crippen molar-refractivity contribution in [2.45, 2.75) is 32.2 Å². The molecule has 0 bridgehead atoms. The molecule has 140 valence electrons. The number of rotatable bonds is 8. The van der Waals surface area contributed by atoms with Crippen molar-refractivity contribution in [3.8, 4) is 0 Å². The van der Waals surface area contributed by atoms with Crippen LogP contribution in [0.5, 0.6) is 0 Å². The molecule has 0 N–H and O–H groups in total. The number of ether oxygens (including phenoxy) is 2. The zero-order valence-electron chi connectivity index (χ0n) is 14.6. The molecular formula is C18H20BrNO6. The van der Waals surface area contributed by atoms with Gasteiger partial charge in [0, 0.05) is 5.33 Å². The first kappa shape index (κ1) is 20.1. The Hall–Kier alpha value is -2.22. The van der Waals surface area contributed by atoms with Gasteiger partial charge in [-0.25, -0.2) is 14.5 Å². The van der Waals surface area contributed by atoms with Crippen LogP contribution >= 0.6 is 15.9 Å². The molecule has 1 heterocycles. The highest BCUT2D eigenvalue weighted by Gasteiger charge is 2.60. The molecule has 1 aromatic rings. The van der Waals surface area contributed by atoms with Gasteiger partial charge in [0.25, 0.3) is 11.8 Å². The zero-order chi connectivity index (χ0) is 19.3. The Morgan fingerprint density at radius 2 is 1.46 bits per heavy atom. The minimum Gasteiger partial charge on any atom is -0.464 e. The predicted octanol–water partition coefficient (Wildman–Crippen LogP) is 2.32. The minimum absolute atomic E-state index is 0.00251. The van der Waals surface area contributed by atoms with E-state index in [4.69, 9.17) is 9.47 Å². The van der Waals surface area contributed by atoms with Crippen LogP contribution in [0.1, 0.15) is 47.4 Å². The number of nitrogens with zero attached hydrogens (tertiary/aromatic N) is 1. The van der Waals surface area contributed by atoms with Crippen molar-refractivity contribution in [2.75, 3.05) is 18.5 Å². The van der Waals surface area contributed by atoms with E-state index in [9.17, 15) is 19.2 Å². The number of carbonyl (C=O) groups excluding carboxylic acids is 4. The van der Waals surface area contributed by atoms with E-state index in [1.165, 1.54) is 12.1 Å². The number of amides is 2. The molecule has 0 aromatic heterocycles. The summed E-state index contributed by atoms with van der Waals surface area (Å²) in [7, 11) is 0. The van der Waals surface area contributed by atoms with Crippen LogP contribution in [0, 0.1) is 0 Å². The molecule has 0 aliphatic carbocycles. The normalized spacial score (nSPS) is 13.6. The van der Waals surface area contributed by atoms with Gasteiger partial charge in [0.1, 0.15) is 0 Å². The van der Waals surface area contributed by atoms with E-state index in [0.717, 1.165) is 0 Å². The number of esters is 2. The number of benzene rings is 1. The molecule has 1 aliphatic heterocycles. The van der Waals surface area contributed by atoms with Crippen LogP contribution in [0.15, 0.2) is 24.3 Å². The Bertz CT molecular complexity index is 679. The smallest absolute Gasteiger partial charge is 0.344 e. The lowest BCUT2D eigenvalue weighted by molar-refractivity contribution is -0.171. The standard InChI is InChI=1S/C18H20BrNO6/c1-3-25-16(23)18(10-7-11-19,17(24)26-4-2)20-14(21)12-8-5-6-9-13(12)15(20)22/h5-6,8-9H,3-4,7,10-11H2,1-2H3. The fraction of sp³-hybridized carbons (Fsp3) is 0.444. The van der Waals surface area contributed by atoms with Gasteiger partial charge in [0.15, 0.2) is 0 Å². The van der Waals surface area contributed by atoms with Crippen LogP contribution in [0.3, 0.4) is 0 Å². The van der Waals surface area contributed by atoms with Crippen molar-refractivity contribution in [3.05, 3.63) is 35.4 Å². The molecule has 0 spiro atoms. The molecule has 8 heteroatoms. The molecule has 0 unspecified atom stereocenters. The van der Waals surface area contributed by atoms with Gasteiger partial charge in [-0.15, -0.1) is 0 Å². The quantitative estimate of drug-likeness (QED) is 0.274. The molecule has 7 nitrogen and oxygen atoms in total. The predicted molar refractivity (Wildman–Crippen MR) is 96.0 cm³/mol. The third-order valence-corrected chi connectivity index (χ3v) is 4.63. The molecule has 0 saturated heterocycles. The second kappa shape index (κ2) is 8.44. The maximum absolute atomic E-state index is 12.9. The lowest BCUT2D eigenvalue weighted by atomic mass is 9.91. The number of hydrogen-bond acceptors (Lipinski definition) is 6. The summed E-state index contributed by atoms with van der Waals surface area (Å²) >= 11 is 3.25. The third kappa shape index (κ3) is 3.25. The van der Waals surface area contributed by atoms with Crippen LogP contribution in [0.4, 0.5) is 0 Å². The lowest BCUT2D eigenvalue weighted by Crippen LogP contribution is -2.63. The summed E-state index contributed by atoms with van der Waals surface area (Å²) in [6, 6.07) is 6.20. The fourth-order valence-electron chi connectivity index (χ4n) is 2.94. The van der Waals surface area contributed by atoms with Gasteiger partial charge in [0.2, 0.25) is 5.54 Å². The van der Waals surface area contributed by atoms with Crippen molar-refractivity contribution in [3.63, 3.8) is 0 Å². The topological polar surface area (TPSA) is 90.0 Å². The van der Waals surface area contributed by atoms with Gasteiger partial charge in [-0.3, -0.25) is 9.59 Å². The second-order valence-electron chi connectivity index (χ2n) is 5.59. The SMILES string of the molecule is CCOC(=O)C(CCCBr)(C(=O)OCC)N1C(=O)c2ccccc2C1=O. The molecule has 26 heavy (non-hydrogen) atoms. The number of halogens is 1. The van der Waals surface area contributed by atoms with E-state index in [-0.39, 0.29) is 30.8 Å². The lowest BCUT2D eigenvalue weighted by Gasteiger charge is -2.35. The molecule has 2 amide bonds. The Labute approximate surface area is 159 Å². The highest BCUT2D eigenvalue weighted by atomic mass is 79.9. The summed E-state index contributed by atoms with van der Waals surface area (Å²) < 4.78 is 10.2. The van der Waals surface area contributed by atoms with Gasteiger partial charge in [-0.1, -0.05) is 28.1 Å². The average molecular weight is 426 g/mol. The highest BCUT2D eigenvalue weighted by molar-refractivity contribution is 9.09. The molecule has 2 rings (SSSR count). The summed E-state index contributed by atoms with van der Waals surface area (Å²) in [6.45, 7) is 3.16. The molecule has 0 fully saturated rings. The first-order valence-corrected chi connectivity index (χ1v) is 9.46. The van der Waals surface area contributed by atoms with Gasteiger partial charge in [0.05, 0.1) is 24.3 Å². The summed E-state index contributed by atoms with van der Waals surface area (Å²) in [4.78, 5) is 52.2. The van der Waals surface area contributed by atoms with Gasteiger partial charge in [-0.2, -0.15) is 0 Å². The van der Waals surface area contributed by atoms with E-state index < -0.39 is 29.3 Å². The Morgan fingerprint density at radius 1 is 1.00 bits per heavy atom. The van der Waals surface area contributed by atoms with E-state index in [2.05, 4.69) is 15.9 Å². The zero-order valence-corrected chi connectivity index (χ0v) is 16.2. The third-order valence-electron chi connectivity index (χ3n) is 4.07. The van der Waals surface area contributed by atoms with Crippen LogP contribution in [-0.2, 0) is 19.1 Å². The fourth-order valence-corrected chi connectivity index (χ4v) is 3.22. The van der Waals surface area contributed by atoms with Crippen LogP contribution in [0.2, 0.25) is 0 Å². The largest absolute Gasteiger partial charge is 0.464 e. The van der Waals surface area contributed by atoms with Gasteiger partial charge >= 0.3 is 11.9 Å². The molecule has 1 aromatic carbocycles. The average Bonchev–Trinajstić information content (AvgIpc) is 2.89. The maximum Gasteiger partial charge on any atom is 0.344 e. The first-order valence-electron chi connectivity index (χ1n) is 8.34. The summed E-state index contributed by atoms with van der Waals surface area (Å²) in [5.74, 6) is -3.34. The molecule has 0 radical (unpaired) electrons. The molecule has 0 atom stereocenters. The van der Waals surface area contributed by atoms with Crippen LogP contribution in [-0.4, -0.2) is 52.7 Å².